The van der Waals surface area contributed by atoms with Gasteiger partial charge in [0.25, 0.3) is 0 Å². The summed E-state index contributed by atoms with van der Waals surface area (Å²) in [4.78, 5) is -0.257. The van der Waals surface area contributed by atoms with E-state index < -0.39 is 20.0 Å². The van der Waals surface area contributed by atoms with Crippen molar-refractivity contribution in [2.75, 3.05) is 17.6 Å². The number of primary sulfonamides is 1. The molecule has 7 nitrogen and oxygen atoms in total. The average Bonchev–Trinajstić information content (AvgIpc) is 2.24. The van der Waals surface area contributed by atoms with Crippen LogP contribution in [-0.2, 0) is 20.0 Å². The zero-order valence-electron chi connectivity index (χ0n) is 12.4. The maximum Gasteiger partial charge on any atom is 0.241 e. The maximum atomic E-state index is 12.0. The van der Waals surface area contributed by atoms with Gasteiger partial charge in [0.1, 0.15) is 4.90 Å². The van der Waals surface area contributed by atoms with Crippen LogP contribution in [0.25, 0.3) is 0 Å². The van der Waals surface area contributed by atoms with E-state index >= 15 is 0 Å². The number of aryl methyl sites for hydroxylation is 1. The highest BCUT2D eigenvalue weighted by Gasteiger charge is 2.22. The van der Waals surface area contributed by atoms with Gasteiger partial charge in [-0.1, -0.05) is 13.8 Å². The molecule has 0 saturated carbocycles. The first-order valence-electron chi connectivity index (χ1n) is 6.18. The van der Waals surface area contributed by atoms with E-state index in [1.165, 1.54) is 19.2 Å². The van der Waals surface area contributed by atoms with Crippen molar-refractivity contribution in [3.63, 3.8) is 0 Å². The number of anilines is 1. The van der Waals surface area contributed by atoms with E-state index in [4.69, 9.17) is 9.88 Å². The van der Waals surface area contributed by atoms with E-state index in [9.17, 15) is 16.8 Å². The van der Waals surface area contributed by atoms with Gasteiger partial charge in [0, 0.05) is 0 Å². The lowest BCUT2D eigenvalue weighted by Crippen LogP contribution is -2.21. The molecule has 0 bridgehead atoms. The Labute approximate surface area is 125 Å². The molecule has 0 radical (unpaired) electrons. The summed E-state index contributed by atoms with van der Waals surface area (Å²) in [6.45, 7) is 5.17. The Morgan fingerprint density at radius 2 is 1.81 bits per heavy atom. The predicted molar refractivity (Wildman–Crippen MR) is 81.4 cm³/mol. The van der Waals surface area contributed by atoms with Crippen LogP contribution in [0.4, 0.5) is 5.69 Å². The van der Waals surface area contributed by atoms with Crippen LogP contribution in [0.5, 0.6) is 5.75 Å². The second-order valence-corrected chi connectivity index (χ2v) is 8.46. The third-order valence-corrected chi connectivity index (χ3v) is 5.08. The zero-order valence-corrected chi connectivity index (χ0v) is 14.0. The second kappa shape index (κ2) is 6.20. The quantitative estimate of drug-likeness (QED) is 0.805. The molecule has 0 aliphatic carbocycles. The lowest BCUT2D eigenvalue weighted by molar-refractivity contribution is 0.405. The summed E-state index contributed by atoms with van der Waals surface area (Å²) in [6, 6.07) is 2.82. The highest BCUT2D eigenvalue weighted by atomic mass is 32.2. The highest BCUT2D eigenvalue weighted by molar-refractivity contribution is 7.92. The normalized spacial score (nSPS) is 12.5. The third-order valence-electron chi connectivity index (χ3n) is 2.53. The lowest BCUT2D eigenvalue weighted by atomic mass is 10.2. The molecule has 0 aliphatic rings. The van der Waals surface area contributed by atoms with Gasteiger partial charge in [-0.05, 0) is 30.5 Å². The van der Waals surface area contributed by atoms with Crippen LogP contribution in [0.15, 0.2) is 17.0 Å². The molecule has 0 fully saturated rings. The zero-order chi connectivity index (χ0) is 16.4. The maximum absolute atomic E-state index is 12.0. The number of methoxy groups -OCH3 is 1. The Balaban J connectivity index is 3.41. The monoisotopic (exact) mass is 336 g/mol. The number of ether oxygens (including phenoxy) is 1. The molecule has 0 unspecified atom stereocenters. The second-order valence-electron chi connectivity index (χ2n) is 5.17. The Bertz CT molecular complexity index is 724. The van der Waals surface area contributed by atoms with Gasteiger partial charge in [-0.15, -0.1) is 0 Å². The number of nitrogens with two attached hydrogens (primary N) is 1. The summed E-state index contributed by atoms with van der Waals surface area (Å²) in [7, 11) is -6.39. The van der Waals surface area contributed by atoms with Crippen molar-refractivity contribution in [2.24, 2.45) is 11.1 Å². The number of rotatable bonds is 6. The van der Waals surface area contributed by atoms with Crippen LogP contribution in [0, 0.1) is 12.8 Å². The van der Waals surface area contributed by atoms with Crippen molar-refractivity contribution in [3.05, 3.63) is 17.7 Å². The van der Waals surface area contributed by atoms with E-state index in [0.717, 1.165) is 0 Å². The number of sulfonamides is 2. The Kier molecular flexibility index (Phi) is 5.24. The fourth-order valence-electron chi connectivity index (χ4n) is 1.89. The smallest absolute Gasteiger partial charge is 0.241 e. The first-order chi connectivity index (χ1) is 9.46. The summed E-state index contributed by atoms with van der Waals surface area (Å²) >= 11 is 0. The Morgan fingerprint density at radius 1 is 1.24 bits per heavy atom. The summed E-state index contributed by atoms with van der Waals surface area (Å²) in [5.41, 5.74) is 0.601. The molecule has 0 heterocycles. The van der Waals surface area contributed by atoms with E-state index in [1.807, 2.05) is 0 Å². The van der Waals surface area contributed by atoms with Gasteiger partial charge in [-0.3, -0.25) is 4.72 Å². The third kappa shape index (κ3) is 4.87. The molecule has 3 N–H and O–H groups in total. The van der Waals surface area contributed by atoms with Crippen LogP contribution >= 0.6 is 0 Å². The molecule has 0 saturated heterocycles. The molecule has 0 spiro atoms. The minimum atomic E-state index is -4.03. The molecule has 0 atom stereocenters. The van der Waals surface area contributed by atoms with Crippen LogP contribution in [-0.4, -0.2) is 29.7 Å². The molecule has 9 heteroatoms. The molecule has 0 amide bonds. The molecule has 120 valence electrons. The standard InChI is InChI=1S/C12H20N2O5S2/c1-8(2)7-20(15,16)14-10-5-9(3)6-11(12(10)19-4)21(13,17)18/h5-6,8,14H,7H2,1-4H3,(H2,13,17,18). The largest absolute Gasteiger partial charge is 0.493 e. The van der Waals surface area contributed by atoms with Crippen LogP contribution in [0.2, 0.25) is 0 Å². The molecular formula is C12H20N2O5S2. The number of hydrogen-bond acceptors (Lipinski definition) is 5. The lowest BCUT2D eigenvalue weighted by Gasteiger charge is -2.16. The van der Waals surface area contributed by atoms with Gasteiger partial charge < -0.3 is 4.74 Å². The Morgan fingerprint density at radius 3 is 2.24 bits per heavy atom. The summed E-state index contributed by atoms with van der Waals surface area (Å²) in [5, 5.41) is 5.13. The van der Waals surface area contributed by atoms with Gasteiger partial charge in [0.15, 0.2) is 5.75 Å². The van der Waals surface area contributed by atoms with Crippen LogP contribution in [0.3, 0.4) is 0 Å². The van der Waals surface area contributed by atoms with E-state index in [1.54, 1.807) is 20.8 Å². The molecule has 0 aliphatic heterocycles. The molecular weight excluding hydrogens is 316 g/mol. The van der Waals surface area contributed by atoms with Gasteiger partial charge in [-0.2, -0.15) is 0 Å². The van der Waals surface area contributed by atoms with Gasteiger partial charge in [0.2, 0.25) is 20.0 Å². The summed E-state index contributed by atoms with van der Waals surface area (Å²) < 4.78 is 54.5. The van der Waals surface area contributed by atoms with Crippen molar-refractivity contribution in [2.45, 2.75) is 25.7 Å². The minimum Gasteiger partial charge on any atom is -0.493 e. The predicted octanol–water partition coefficient (Wildman–Crippen LogP) is 1.05. The molecule has 1 aromatic carbocycles. The van der Waals surface area contributed by atoms with Crippen molar-refractivity contribution >= 4 is 25.7 Å². The fraction of sp³-hybridized carbons (Fsp3) is 0.500. The van der Waals surface area contributed by atoms with Crippen molar-refractivity contribution < 1.29 is 21.6 Å². The molecule has 0 aromatic heterocycles. The SMILES string of the molecule is COc1c(NS(=O)(=O)CC(C)C)cc(C)cc1S(N)(=O)=O. The first kappa shape index (κ1) is 17.7. The highest BCUT2D eigenvalue weighted by Crippen LogP contribution is 2.33. The van der Waals surface area contributed by atoms with E-state index in [0.29, 0.717) is 5.56 Å². The van der Waals surface area contributed by atoms with Crippen LogP contribution in [0.1, 0.15) is 19.4 Å². The van der Waals surface area contributed by atoms with Crippen molar-refractivity contribution in [3.8, 4) is 5.75 Å². The topological polar surface area (TPSA) is 116 Å². The number of benzene rings is 1. The fourth-order valence-corrected chi connectivity index (χ4v) is 4.14. The number of hydrogen-bond donors (Lipinski definition) is 2. The Hall–Kier alpha value is -1.32. The summed E-state index contributed by atoms with van der Waals surface area (Å²) in [5.74, 6) is -0.277. The average molecular weight is 336 g/mol. The molecule has 1 aromatic rings. The minimum absolute atomic E-state index is 0.0576. The van der Waals surface area contributed by atoms with Crippen molar-refractivity contribution in [1.82, 2.24) is 0 Å². The van der Waals surface area contributed by atoms with Crippen molar-refractivity contribution in [1.29, 1.82) is 0 Å². The molecule has 1 rings (SSSR count). The van der Waals surface area contributed by atoms with Crippen LogP contribution < -0.4 is 14.6 Å². The molecule has 21 heavy (non-hydrogen) atoms. The van der Waals surface area contributed by atoms with Gasteiger partial charge in [-0.25, -0.2) is 22.0 Å². The summed E-state index contributed by atoms with van der Waals surface area (Å²) in [6.07, 6.45) is 0. The van der Waals surface area contributed by atoms with Gasteiger partial charge >= 0.3 is 0 Å². The van der Waals surface area contributed by atoms with E-state index in [2.05, 4.69) is 4.72 Å². The van der Waals surface area contributed by atoms with E-state index in [-0.39, 0.29) is 28.0 Å². The first-order valence-corrected chi connectivity index (χ1v) is 9.38. The number of nitrogens with one attached hydrogen (secondary N) is 1. The van der Waals surface area contributed by atoms with Gasteiger partial charge in [0.05, 0.1) is 18.6 Å².